The molecule has 0 spiro atoms. The standard InChI is InChI=1S/C5H5NOS/c7-4-6-5-2-1-3-8-5/h1-2,5H,3H2. The van der Waals surface area contributed by atoms with Gasteiger partial charge in [-0.25, -0.2) is 4.79 Å². The van der Waals surface area contributed by atoms with Crippen LogP contribution in [-0.4, -0.2) is 17.2 Å². The van der Waals surface area contributed by atoms with Gasteiger partial charge in [0.25, 0.3) is 0 Å². The highest BCUT2D eigenvalue weighted by atomic mass is 32.2. The van der Waals surface area contributed by atoms with E-state index in [-0.39, 0.29) is 5.37 Å². The molecule has 0 saturated heterocycles. The molecule has 0 radical (unpaired) electrons. The molecule has 1 atom stereocenters. The molecule has 1 aliphatic rings. The molecule has 0 N–H and O–H groups in total. The molecule has 0 fully saturated rings. The lowest BCUT2D eigenvalue weighted by molar-refractivity contribution is 0.563. The molecule has 1 rings (SSSR count). The number of hydrogen-bond donors (Lipinski definition) is 0. The van der Waals surface area contributed by atoms with Crippen LogP contribution in [0.25, 0.3) is 0 Å². The van der Waals surface area contributed by atoms with E-state index in [1.54, 1.807) is 11.8 Å². The van der Waals surface area contributed by atoms with Gasteiger partial charge in [-0.3, -0.25) is 0 Å². The molecular weight excluding hydrogens is 122 g/mol. The van der Waals surface area contributed by atoms with Crippen molar-refractivity contribution in [2.45, 2.75) is 5.37 Å². The first-order valence-corrected chi connectivity index (χ1v) is 3.33. The van der Waals surface area contributed by atoms with E-state index in [0.717, 1.165) is 5.75 Å². The zero-order valence-electron chi connectivity index (χ0n) is 4.20. The summed E-state index contributed by atoms with van der Waals surface area (Å²) in [7, 11) is 0. The van der Waals surface area contributed by atoms with Crippen LogP contribution in [0.3, 0.4) is 0 Å². The number of isocyanates is 1. The van der Waals surface area contributed by atoms with Crippen LogP contribution in [0.15, 0.2) is 17.1 Å². The van der Waals surface area contributed by atoms with E-state index in [9.17, 15) is 4.79 Å². The van der Waals surface area contributed by atoms with Crippen molar-refractivity contribution in [3.63, 3.8) is 0 Å². The molecule has 0 amide bonds. The summed E-state index contributed by atoms with van der Waals surface area (Å²) in [4.78, 5) is 13.1. The Bertz CT molecular complexity index is 149. The van der Waals surface area contributed by atoms with Gasteiger partial charge in [-0.15, -0.1) is 11.8 Å². The van der Waals surface area contributed by atoms with Gasteiger partial charge in [-0.1, -0.05) is 12.2 Å². The van der Waals surface area contributed by atoms with E-state index < -0.39 is 0 Å². The summed E-state index contributed by atoms with van der Waals surface area (Å²) in [6, 6.07) is 0. The number of nitrogens with zero attached hydrogens (tertiary/aromatic N) is 1. The summed E-state index contributed by atoms with van der Waals surface area (Å²) >= 11 is 1.63. The van der Waals surface area contributed by atoms with Gasteiger partial charge in [0.15, 0.2) is 0 Å². The molecule has 2 nitrogen and oxygen atoms in total. The van der Waals surface area contributed by atoms with Gasteiger partial charge in [-0.05, 0) is 0 Å². The molecule has 0 aromatic heterocycles. The number of aliphatic imine (C=N–C) groups is 1. The van der Waals surface area contributed by atoms with Crippen molar-refractivity contribution in [2.75, 3.05) is 5.75 Å². The van der Waals surface area contributed by atoms with E-state index >= 15 is 0 Å². The fourth-order valence-electron chi connectivity index (χ4n) is 0.514. The smallest absolute Gasteiger partial charge is 0.211 e. The van der Waals surface area contributed by atoms with E-state index in [1.165, 1.54) is 6.08 Å². The molecule has 8 heavy (non-hydrogen) atoms. The van der Waals surface area contributed by atoms with E-state index in [4.69, 9.17) is 0 Å². The highest BCUT2D eigenvalue weighted by Gasteiger charge is 2.05. The molecule has 0 aromatic carbocycles. The minimum absolute atomic E-state index is 0.0486. The van der Waals surface area contributed by atoms with Gasteiger partial charge in [0.2, 0.25) is 6.08 Å². The molecule has 42 valence electrons. The quantitative estimate of drug-likeness (QED) is 0.298. The third kappa shape index (κ3) is 1.22. The maximum Gasteiger partial charge on any atom is 0.236 e. The molecule has 3 heteroatoms. The van der Waals surface area contributed by atoms with E-state index in [0.29, 0.717) is 0 Å². The number of carbonyl (C=O) groups excluding carboxylic acids is 1. The average Bonchev–Trinajstić information content (AvgIpc) is 2.19. The second kappa shape index (κ2) is 2.70. The molecule has 0 saturated carbocycles. The first kappa shape index (κ1) is 5.60. The molecule has 0 bridgehead atoms. The Labute approximate surface area is 51.7 Å². The number of hydrogen-bond acceptors (Lipinski definition) is 3. The Hall–Kier alpha value is -0.530. The van der Waals surface area contributed by atoms with Crippen molar-refractivity contribution in [1.82, 2.24) is 0 Å². The van der Waals surface area contributed by atoms with Crippen LogP contribution in [0.4, 0.5) is 0 Å². The van der Waals surface area contributed by atoms with Gasteiger partial charge in [0, 0.05) is 5.75 Å². The minimum Gasteiger partial charge on any atom is -0.211 e. The maximum absolute atomic E-state index is 9.62. The third-order valence-corrected chi connectivity index (χ3v) is 1.83. The van der Waals surface area contributed by atoms with Crippen LogP contribution in [0.2, 0.25) is 0 Å². The summed E-state index contributed by atoms with van der Waals surface area (Å²) in [5, 5.41) is 0.0486. The zero-order valence-corrected chi connectivity index (χ0v) is 5.02. The molecule has 1 aliphatic heterocycles. The van der Waals surface area contributed by atoms with Crippen molar-refractivity contribution in [1.29, 1.82) is 0 Å². The normalized spacial score (nSPS) is 25.2. The van der Waals surface area contributed by atoms with Crippen LogP contribution in [0.1, 0.15) is 0 Å². The van der Waals surface area contributed by atoms with Crippen LogP contribution >= 0.6 is 11.8 Å². The van der Waals surface area contributed by atoms with Crippen LogP contribution in [0, 0.1) is 0 Å². The highest BCUT2D eigenvalue weighted by molar-refractivity contribution is 8.00. The first-order chi connectivity index (χ1) is 3.93. The second-order valence-corrected chi connectivity index (χ2v) is 2.52. The Morgan fingerprint density at radius 2 is 2.75 bits per heavy atom. The lowest BCUT2D eigenvalue weighted by Gasteiger charge is -1.90. The first-order valence-electron chi connectivity index (χ1n) is 2.29. The van der Waals surface area contributed by atoms with Crippen LogP contribution in [0.5, 0.6) is 0 Å². The van der Waals surface area contributed by atoms with Crippen molar-refractivity contribution in [3.05, 3.63) is 12.2 Å². The third-order valence-electron chi connectivity index (χ3n) is 0.844. The number of rotatable bonds is 1. The maximum atomic E-state index is 9.62. The molecule has 1 heterocycles. The van der Waals surface area contributed by atoms with Gasteiger partial charge < -0.3 is 0 Å². The van der Waals surface area contributed by atoms with Crippen LogP contribution < -0.4 is 0 Å². The molecule has 1 unspecified atom stereocenters. The predicted molar refractivity (Wildman–Crippen MR) is 33.5 cm³/mol. The molecular formula is C5H5NOS. The van der Waals surface area contributed by atoms with Crippen molar-refractivity contribution < 1.29 is 4.79 Å². The lowest BCUT2D eigenvalue weighted by atomic mass is 10.5. The summed E-state index contributed by atoms with van der Waals surface area (Å²) in [6.45, 7) is 0. The van der Waals surface area contributed by atoms with Crippen molar-refractivity contribution in [3.8, 4) is 0 Å². The Balaban J connectivity index is 2.48. The van der Waals surface area contributed by atoms with Crippen molar-refractivity contribution in [2.24, 2.45) is 4.99 Å². The SMILES string of the molecule is O=C=NC1C=CCS1. The zero-order chi connectivity index (χ0) is 5.82. The van der Waals surface area contributed by atoms with E-state index in [1.807, 2.05) is 12.2 Å². The Kier molecular flexibility index (Phi) is 1.89. The molecule has 0 aromatic rings. The summed E-state index contributed by atoms with van der Waals surface area (Å²) < 4.78 is 0. The largest absolute Gasteiger partial charge is 0.236 e. The van der Waals surface area contributed by atoms with E-state index in [2.05, 4.69) is 4.99 Å². The summed E-state index contributed by atoms with van der Waals surface area (Å²) in [5.74, 6) is 0.968. The van der Waals surface area contributed by atoms with Crippen molar-refractivity contribution >= 4 is 17.8 Å². The minimum atomic E-state index is 0.0486. The Morgan fingerprint density at radius 3 is 3.25 bits per heavy atom. The van der Waals surface area contributed by atoms with Gasteiger partial charge in [-0.2, -0.15) is 4.99 Å². The topological polar surface area (TPSA) is 29.4 Å². The lowest BCUT2D eigenvalue weighted by Crippen LogP contribution is -1.85. The summed E-state index contributed by atoms with van der Waals surface area (Å²) in [5.41, 5.74) is 0. The second-order valence-electron chi connectivity index (χ2n) is 1.37. The van der Waals surface area contributed by atoms with Crippen LogP contribution in [-0.2, 0) is 4.79 Å². The fourth-order valence-corrected chi connectivity index (χ4v) is 1.27. The Morgan fingerprint density at radius 1 is 1.88 bits per heavy atom. The highest BCUT2D eigenvalue weighted by Crippen LogP contribution is 2.19. The van der Waals surface area contributed by atoms with Gasteiger partial charge in [0.1, 0.15) is 5.37 Å². The monoisotopic (exact) mass is 127 g/mol. The predicted octanol–water partition coefficient (Wildman–Crippen LogP) is 0.951. The van der Waals surface area contributed by atoms with Gasteiger partial charge in [0.05, 0.1) is 0 Å². The van der Waals surface area contributed by atoms with Gasteiger partial charge >= 0.3 is 0 Å². The molecule has 0 aliphatic carbocycles. The fraction of sp³-hybridized carbons (Fsp3) is 0.400. The summed E-state index contributed by atoms with van der Waals surface area (Å²) in [6.07, 6.45) is 5.41. The average molecular weight is 127 g/mol. The number of thioether (sulfide) groups is 1.